The predicted molar refractivity (Wildman–Crippen MR) is 118 cm³/mol. The van der Waals surface area contributed by atoms with E-state index in [1.54, 1.807) is 27.4 Å². The highest BCUT2D eigenvalue weighted by Crippen LogP contribution is 2.30. The van der Waals surface area contributed by atoms with E-state index in [1.165, 1.54) is 12.8 Å². The molecule has 5 heteroatoms. The highest BCUT2D eigenvalue weighted by Gasteiger charge is 2.18. The van der Waals surface area contributed by atoms with Gasteiger partial charge >= 0.3 is 0 Å². The highest BCUT2D eigenvalue weighted by atomic mass is 16.5. The van der Waals surface area contributed by atoms with Crippen LogP contribution in [0.25, 0.3) is 12.2 Å². The van der Waals surface area contributed by atoms with Gasteiger partial charge in [-0.3, -0.25) is 4.79 Å². The minimum atomic E-state index is -0.143. The number of unbranched alkanes of at least 4 members (excludes halogenated alkanes) is 3. The van der Waals surface area contributed by atoms with Crippen molar-refractivity contribution in [1.82, 2.24) is 5.32 Å². The van der Waals surface area contributed by atoms with E-state index in [2.05, 4.69) is 12.2 Å². The Bertz CT molecular complexity index is 812. The van der Waals surface area contributed by atoms with Crippen LogP contribution in [0.1, 0.15) is 54.1 Å². The summed E-state index contributed by atoms with van der Waals surface area (Å²) >= 11 is 0. The molecule has 0 saturated carbocycles. The van der Waals surface area contributed by atoms with Gasteiger partial charge in [-0.15, -0.1) is 0 Å². The van der Waals surface area contributed by atoms with Gasteiger partial charge in [-0.25, -0.2) is 0 Å². The first-order valence-corrected chi connectivity index (χ1v) is 9.99. The molecule has 2 aromatic rings. The molecule has 29 heavy (non-hydrogen) atoms. The maximum atomic E-state index is 12.9. The zero-order valence-corrected chi connectivity index (χ0v) is 17.8. The first kappa shape index (κ1) is 22.3. The van der Waals surface area contributed by atoms with Gasteiger partial charge in [0.2, 0.25) is 0 Å². The predicted octanol–water partition coefficient (Wildman–Crippen LogP) is 5.19. The number of nitrogens with one attached hydrogen (secondary N) is 1. The summed E-state index contributed by atoms with van der Waals surface area (Å²) in [4.78, 5) is 12.9. The van der Waals surface area contributed by atoms with Crippen molar-refractivity contribution in [2.24, 2.45) is 0 Å². The fourth-order valence-electron chi connectivity index (χ4n) is 3.01. The number of amides is 1. The summed E-state index contributed by atoms with van der Waals surface area (Å²) < 4.78 is 16.1. The van der Waals surface area contributed by atoms with Gasteiger partial charge in [0.15, 0.2) is 0 Å². The van der Waals surface area contributed by atoms with Crippen LogP contribution in [0.5, 0.6) is 17.2 Å². The molecule has 1 N–H and O–H groups in total. The van der Waals surface area contributed by atoms with Crippen LogP contribution in [0.2, 0.25) is 0 Å². The van der Waals surface area contributed by atoms with Crippen LogP contribution < -0.4 is 19.5 Å². The second kappa shape index (κ2) is 11.8. The number of ether oxygens (including phenoxy) is 3. The summed E-state index contributed by atoms with van der Waals surface area (Å²) in [7, 11) is 4.80. The van der Waals surface area contributed by atoms with Crippen molar-refractivity contribution in [3.05, 3.63) is 53.1 Å². The van der Waals surface area contributed by atoms with Crippen molar-refractivity contribution >= 4 is 18.1 Å². The van der Waals surface area contributed by atoms with E-state index in [-0.39, 0.29) is 5.91 Å². The first-order chi connectivity index (χ1) is 14.1. The molecular formula is C24H31NO4. The molecular weight excluding hydrogens is 366 g/mol. The normalized spacial score (nSPS) is 10.8. The van der Waals surface area contributed by atoms with E-state index < -0.39 is 0 Å². The van der Waals surface area contributed by atoms with Crippen LogP contribution in [0.4, 0.5) is 0 Å². The summed E-state index contributed by atoms with van der Waals surface area (Å²) in [5, 5.41) is 3.01. The van der Waals surface area contributed by atoms with Crippen molar-refractivity contribution < 1.29 is 19.0 Å². The van der Waals surface area contributed by atoms with E-state index >= 15 is 0 Å². The topological polar surface area (TPSA) is 56.8 Å². The Morgan fingerprint density at radius 2 is 1.62 bits per heavy atom. The van der Waals surface area contributed by atoms with Gasteiger partial charge in [0.05, 0.1) is 26.9 Å². The summed E-state index contributed by atoms with van der Waals surface area (Å²) in [6, 6.07) is 11.3. The molecule has 2 aromatic carbocycles. The summed E-state index contributed by atoms with van der Waals surface area (Å²) in [6.45, 7) is 2.82. The van der Waals surface area contributed by atoms with Crippen LogP contribution in [0, 0.1) is 0 Å². The number of carbonyl (C=O) groups is 1. The smallest absolute Gasteiger partial charge is 0.255 e. The van der Waals surface area contributed by atoms with Crippen LogP contribution in [0.15, 0.2) is 36.4 Å². The molecule has 0 saturated heterocycles. The van der Waals surface area contributed by atoms with E-state index in [9.17, 15) is 4.79 Å². The van der Waals surface area contributed by atoms with Gasteiger partial charge in [-0.05, 0) is 35.7 Å². The number of rotatable bonds is 11. The minimum Gasteiger partial charge on any atom is -0.497 e. The number of carbonyl (C=O) groups excluding carboxylic acids is 1. The molecule has 0 unspecified atom stereocenters. The van der Waals surface area contributed by atoms with Crippen LogP contribution in [-0.2, 0) is 0 Å². The lowest BCUT2D eigenvalue weighted by Gasteiger charge is -2.14. The van der Waals surface area contributed by atoms with Crippen molar-refractivity contribution in [2.45, 2.75) is 32.6 Å². The average Bonchev–Trinajstić information content (AvgIpc) is 2.76. The fraction of sp³-hybridized carbons (Fsp3) is 0.375. The summed E-state index contributed by atoms with van der Waals surface area (Å²) in [5.41, 5.74) is 2.25. The third kappa shape index (κ3) is 6.56. The van der Waals surface area contributed by atoms with Gasteiger partial charge < -0.3 is 19.5 Å². The molecule has 0 spiro atoms. The Morgan fingerprint density at radius 1 is 0.897 bits per heavy atom. The molecule has 156 valence electrons. The molecule has 1 amide bonds. The van der Waals surface area contributed by atoms with E-state index in [1.807, 2.05) is 42.5 Å². The molecule has 0 fully saturated rings. The third-order valence-corrected chi connectivity index (χ3v) is 4.68. The Hall–Kier alpha value is -2.95. The van der Waals surface area contributed by atoms with Crippen LogP contribution >= 0.6 is 0 Å². The number of hydrogen-bond acceptors (Lipinski definition) is 4. The number of methoxy groups -OCH3 is 3. The quantitative estimate of drug-likeness (QED) is 0.419. The Morgan fingerprint density at radius 3 is 2.24 bits per heavy atom. The number of benzene rings is 2. The lowest BCUT2D eigenvalue weighted by molar-refractivity contribution is 0.0949. The molecule has 0 radical (unpaired) electrons. The van der Waals surface area contributed by atoms with Gasteiger partial charge in [0.1, 0.15) is 17.2 Å². The van der Waals surface area contributed by atoms with Gasteiger partial charge in [-0.1, -0.05) is 50.5 Å². The van der Waals surface area contributed by atoms with Crippen molar-refractivity contribution in [3.63, 3.8) is 0 Å². The standard InChI is InChI=1S/C24H31NO4/c1-5-6-7-8-15-25-24(26)23-19(16-21(28-3)17-22(23)29-4)12-9-18-10-13-20(27-2)14-11-18/h9-14,16-17H,5-8,15H2,1-4H3,(H,25,26)/b12-9+. The molecule has 0 aliphatic carbocycles. The Balaban J connectivity index is 2.27. The van der Waals surface area contributed by atoms with Gasteiger partial charge in [0, 0.05) is 12.6 Å². The second-order valence-corrected chi connectivity index (χ2v) is 6.72. The van der Waals surface area contributed by atoms with E-state index in [4.69, 9.17) is 14.2 Å². The van der Waals surface area contributed by atoms with Crippen molar-refractivity contribution in [1.29, 1.82) is 0 Å². The zero-order valence-electron chi connectivity index (χ0n) is 17.8. The lowest BCUT2D eigenvalue weighted by Crippen LogP contribution is -2.25. The average molecular weight is 398 g/mol. The largest absolute Gasteiger partial charge is 0.497 e. The fourth-order valence-corrected chi connectivity index (χ4v) is 3.01. The molecule has 0 bridgehead atoms. The highest BCUT2D eigenvalue weighted by molar-refractivity contribution is 6.01. The van der Waals surface area contributed by atoms with E-state index in [0.717, 1.165) is 29.7 Å². The maximum absolute atomic E-state index is 12.9. The van der Waals surface area contributed by atoms with E-state index in [0.29, 0.717) is 23.6 Å². The molecule has 0 aromatic heterocycles. The molecule has 0 aliphatic heterocycles. The summed E-state index contributed by atoms with van der Waals surface area (Å²) in [5.74, 6) is 1.78. The molecule has 0 atom stereocenters. The minimum absolute atomic E-state index is 0.143. The van der Waals surface area contributed by atoms with Crippen molar-refractivity contribution in [3.8, 4) is 17.2 Å². The van der Waals surface area contributed by atoms with Gasteiger partial charge in [-0.2, -0.15) is 0 Å². The molecule has 5 nitrogen and oxygen atoms in total. The zero-order chi connectivity index (χ0) is 21.1. The first-order valence-electron chi connectivity index (χ1n) is 9.99. The molecule has 0 heterocycles. The summed E-state index contributed by atoms with van der Waals surface area (Å²) in [6.07, 6.45) is 8.28. The lowest BCUT2D eigenvalue weighted by atomic mass is 10.0. The molecule has 0 aliphatic rings. The Kier molecular flexibility index (Phi) is 9.09. The van der Waals surface area contributed by atoms with Gasteiger partial charge in [0.25, 0.3) is 5.91 Å². The molecule has 2 rings (SSSR count). The third-order valence-electron chi connectivity index (χ3n) is 4.68. The SMILES string of the molecule is CCCCCCNC(=O)c1c(/C=C/c2ccc(OC)cc2)cc(OC)cc1OC. The van der Waals surface area contributed by atoms with Crippen LogP contribution in [-0.4, -0.2) is 33.8 Å². The van der Waals surface area contributed by atoms with Crippen molar-refractivity contribution in [2.75, 3.05) is 27.9 Å². The van der Waals surface area contributed by atoms with Crippen LogP contribution in [0.3, 0.4) is 0 Å². The Labute approximate surface area is 173 Å². The maximum Gasteiger partial charge on any atom is 0.255 e. The second-order valence-electron chi connectivity index (χ2n) is 6.72. The number of hydrogen-bond donors (Lipinski definition) is 1. The monoisotopic (exact) mass is 397 g/mol.